The number of hydrogen-bond donors (Lipinski definition) is 1. The van der Waals surface area contributed by atoms with Crippen molar-refractivity contribution in [3.63, 3.8) is 0 Å². The number of nitro benzene ring substituents is 2. The molecule has 0 atom stereocenters. The van der Waals surface area contributed by atoms with Crippen LogP contribution in [-0.2, 0) is 9.59 Å². The van der Waals surface area contributed by atoms with Crippen molar-refractivity contribution in [2.24, 2.45) is 0 Å². The van der Waals surface area contributed by atoms with Gasteiger partial charge in [0, 0.05) is 11.1 Å². The number of benzene rings is 3. The SMILES string of the molecule is CCOc1cc(/C=C2\C(=O)NC(=O)N(c3ccc(Cl)cc3)C2=O)cc(Br)c1Oc1ccc([N+](=O)[O-])cc1[N+](=O)[O-]. The topological polar surface area (TPSA) is 171 Å². The summed E-state index contributed by atoms with van der Waals surface area (Å²) in [7, 11) is 0. The number of carbonyl (C=O) groups excluding carboxylic acids is 3. The second kappa shape index (κ2) is 11.5. The molecule has 1 fully saturated rings. The van der Waals surface area contributed by atoms with Crippen LogP contribution in [0.25, 0.3) is 6.08 Å². The molecule has 0 bridgehead atoms. The van der Waals surface area contributed by atoms with Gasteiger partial charge in [0.2, 0.25) is 5.75 Å². The molecule has 1 N–H and O–H groups in total. The molecule has 0 unspecified atom stereocenters. The number of nitrogens with one attached hydrogen (secondary N) is 1. The average molecular weight is 632 g/mol. The molecule has 1 aliphatic rings. The predicted octanol–water partition coefficient (Wildman–Crippen LogP) is 5.78. The summed E-state index contributed by atoms with van der Waals surface area (Å²) in [5, 5.41) is 25.1. The Labute approximate surface area is 238 Å². The van der Waals surface area contributed by atoms with Crippen molar-refractivity contribution < 1.29 is 33.7 Å². The number of ether oxygens (including phenoxy) is 2. The van der Waals surface area contributed by atoms with Crippen molar-refractivity contribution in [1.29, 1.82) is 0 Å². The first-order valence-electron chi connectivity index (χ1n) is 11.2. The molecular formula is C25H16BrClN4O9. The third kappa shape index (κ3) is 5.77. The lowest BCUT2D eigenvalue weighted by molar-refractivity contribution is -0.394. The van der Waals surface area contributed by atoms with Gasteiger partial charge in [-0.3, -0.25) is 35.1 Å². The highest BCUT2D eigenvalue weighted by Crippen LogP contribution is 2.43. The Hall–Kier alpha value is -4.82. The molecule has 204 valence electrons. The molecule has 3 aromatic rings. The maximum atomic E-state index is 13.2. The zero-order chi connectivity index (χ0) is 29.1. The lowest BCUT2D eigenvalue weighted by Gasteiger charge is -2.26. The molecular weight excluding hydrogens is 616 g/mol. The Morgan fingerprint density at radius 2 is 1.70 bits per heavy atom. The summed E-state index contributed by atoms with van der Waals surface area (Å²) in [5.74, 6) is -2.02. The van der Waals surface area contributed by atoms with E-state index in [1.807, 2.05) is 0 Å². The molecule has 0 saturated carbocycles. The van der Waals surface area contributed by atoms with Crippen LogP contribution < -0.4 is 19.7 Å². The van der Waals surface area contributed by atoms with Crippen LogP contribution in [0.15, 0.2) is 64.6 Å². The maximum absolute atomic E-state index is 13.2. The van der Waals surface area contributed by atoms with E-state index in [4.69, 9.17) is 21.1 Å². The lowest BCUT2D eigenvalue weighted by Crippen LogP contribution is -2.54. The quantitative estimate of drug-likeness (QED) is 0.140. The van der Waals surface area contributed by atoms with Crippen LogP contribution in [0.5, 0.6) is 17.2 Å². The molecule has 0 aliphatic carbocycles. The Morgan fingerprint density at radius 1 is 1.00 bits per heavy atom. The van der Waals surface area contributed by atoms with Crippen LogP contribution in [0, 0.1) is 20.2 Å². The number of imide groups is 2. The van der Waals surface area contributed by atoms with Crippen LogP contribution in [-0.4, -0.2) is 34.3 Å². The standard InChI is InChI=1S/C25H16BrClN4O9/c1-2-39-21-11-13(9-17-23(32)28-25(34)29(24(17)33)15-5-3-14(27)4-6-15)10-18(26)22(21)40-20-8-7-16(30(35)36)12-19(20)31(37)38/h3-12H,2H2,1H3,(H,28,32,34)/b17-9+. The Kier molecular flexibility index (Phi) is 8.11. The summed E-state index contributed by atoms with van der Waals surface area (Å²) in [6.45, 7) is 1.81. The van der Waals surface area contributed by atoms with Crippen molar-refractivity contribution >= 4 is 68.5 Å². The summed E-state index contributed by atoms with van der Waals surface area (Å²) in [5.41, 5.74) is -1.03. The number of nitro groups is 2. The number of amides is 4. The van der Waals surface area contributed by atoms with Gasteiger partial charge in [0.05, 0.1) is 32.7 Å². The number of rotatable bonds is 8. The van der Waals surface area contributed by atoms with E-state index in [0.717, 1.165) is 23.1 Å². The van der Waals surface area contributed by atoms with Crippen molar-refractivity contribution in [3.8, 4) is 17.2 Å². The molecule has 4 amide bonds. The third-order valence-electron chi connectivity index (χ3n) is 5.39. The van der Waals surface area contributed by atoms with Gasteiger partial charge in [-0.2, -0.15) is 0 Å². The number of urea groups is 1. The van der Waals surface area contributed by atoms with E-state index in [2.05, 4.69) is 21.2 Å². The fourth-order valence-corrected chi connectivity index (χ4v) is 4.31. The number of non-ortho nitro benzene ring substituents is 1. The van der Waals surface area contributed by atoms with Crippen molar-refractivity contribution in [1.82, 2.24) is 5.32 Å². The van der Waals surface area contributed by atoms with Gasteiger partial charge in [-0.05, 0) is 77.0 Å². The van der Waals surface area contributed by atoms with Crippen LogP contribution in [0.4, 0.5) is 21.9 Å². The van der Waals surface area contributed by atoms with Gasteiger partial charge in [0.15, 0.2) is 11.5 Å². The molecule has 1 saturated heterocycles. The smallest absolute Gasteiger partial charge is 0.335 e. The van der Waals surface area contributed by atoms with E-state index in [0.29, 0.717) is 5.02 Å². The molecule has 3 aromatic carbocycles. The van der Waals surface area contributed by atoms with E-state index in [1.165, 1.54) is 42.5 Å². The summed E-state index contributed by atoms with van der Waals surface area (Å²) < 4.78 is 11.6. The van der Waals surface area contributed by atoms with Gasteiger partial charge < -0.3 is 9.47 Å². The van der Waals surface area contributed by atoms with E-state index in [9.17, 15) is 34.6 Å². The van der Waals surface area contributed by atoms with Crippen molar-refractivity contribution in [2.45, 2.75) is 6.92 Å². The molecule has 40 heavy (non-hydrogen) atoms. The van der Waals surface area contributed by atoms with Crippen LogP contribution in [0.3, 0.4) is 0 Å². The molecule has 1 aliphatic heterocycles. The zero-order valence-electron chi connectivity index (χ0n) is 20.3. The Bertz CT molecular complexity index is 1610. The summed E-state index contributed by atoms with van der Waals surface area (Å²) in [6.07, 6.45) is 1.23. The van der Waals surface area contributed by atoms with Gasteiger partial charge in [-0.1, -0.05) is 11.6 Å². The minimum Gasteiger partial charge on any atom is -0.490 e. The van der Waals surface area contributed by atoms with Gasteiger partial charge in [-0.25, -0.2) is 9.69 Å². The molecule has 0 spiro atoms. The molecule has 1 heterocycles. The summed E-state index contributed by atoms with van der Waals surface area (Å²) >= 11 is 9.20. The number of anilines is 1. The van der Waals surface area contributed by atoms with Gasteiger partial charge >= 0.3 is 11.7 Å². The average Bonchev–Trinajstić information content (AvgIpc) is 2.89. The second-order valence-electron chi connectivity index (χ2n) is 7.97. The van der Waals surface area contributed by atoms with Crippen LogP contribution >= 0.6 is 27.5 Å². The number of nitrogens with zero attached hydrogens (tertiary/aromatic N) is 3. The summed E-state index contributed by atoms with van der Waals surface area (Å²) in [4.78, 5) is 60.0. The first kappa shape index (κ1) is 28.2. The first-order chi connectivity index (χ1) is 19.0. The highest BCUT2D eigenvalue weighted by molar-refractivity contribution is 9.10. The van der Waals surface area contributed by atoms with Crippen molar-refractivity contribution in [3.05, 3.63) is 95.5 Å². The molecule has 0 radical (unpaired) electrons. The van der Waals surface area contributed by atoms with Gasteiger partial charge in [0.25, 0.3) is 17.5 Å². The molecule has 4 rings (SSSR count). The fourth-order valence-electron chi connectivity index (χ4n) is 3.64. The lowest BCUT2D eigenvalue weighted by atomic mass is 10.1. The first-order valence-corrected chi connectivity index (χ1v) is 12.4. The largest absolute Gasteiger partial charge is 0.490 e. The third-order valence-corrected chi connectivity index (χ3v) is 6.23. The number of barbiturate groups is 1. The molecule has 0 aromatic heterocycles. The van der Waals surface area contributed by atoms with Gasteiger partial charge in [0.1, 0.15) is 5.57 Å². The highest BCUT2D eigenvalue weighted by Gasteiger charge is 2.37. The Morgan fingerprint density at radius 3 is 2.33 bits per heavy atom. The van der Waals surface area contributed by atoms with E-state index in [-0.39, 0.29) is 45.2 Å². The van der Waals surface area contributed by atoms with E-state index in [1.54, 1.807) is 6.92 Å². The maximum Gasteiger partial charge on any atom is 0.335 e. The normalized spacial score (nSPS) is 14.2. The number of hydrogen-bond acceptors (Lipinski definition) is 9. The zero-order valence-corrected chi connectivity index (χ0v) is 22.6. The fraction of sp³-hybridized carbons (Fsp3) is 0.0800. The number of halogens is 2. The minimum absolute atomic E-state index is 0.00153. The van der Waals surface area contributed by atoms with Gasteiger partial charge in [-0.15, -0.1) is 0 Å². The summed E-state index contributed by atoms with van der Waals surface area (Å²) in [6, 6.07) is 10.7. The monoisotopic (exact) mass is 630 g/mol. The number of carbonyl (C=O) groups is 3. The van der Waals surface area contributed by atoms with E-state index >= 15 is 0 Å². The second-order valence-corrected chi connectivity index (χ2v) is 9.26. The predicted molar refractivity (Wildman–Crippen MR) is 146 cm³/mol. The highest BCUT2D eigenvalue weighted by atomic mass is 79.9. The van der Waals surface area contributed by atoms with Crippen LogP contribution in [0.1, 0.15) is 12.5 Å². The molecule has 13 nitrogen and oxygen atoms in total. The minimum atomic E-state index is -0.931. The van der Waals surface area contributed by atoms with Crippen LogP contribution in [0.2, 0.25) is 5.02 Å². The Balaban J connectivity index is 1.74. The molecule has 15 heteroatoms. The van der Waals surface area contributed by atoms with Crippen molar-refractivity contribution in [2.75, 3.05) is 11.5 Å². The van der Waals surface area contributed by atoms with E-state index < -0.39 is 39.1 Å².